The molecule has 2 amide bonds. The largest absolute Gasteiger partial charge is 0.489 e. The molecule has 3 aromatic rings. The van der Waals surface area contributed by atoms with E-state index in [1.165, 1.54) is 5.48 Å². The molecule has 1 aliphatic rings. The summed E-state index contributed by atoms with van der Waals surface area (Å²) in [5, 5.41) is 22.9. The van der Waals surface area contributed by atoms with Gasteiger partial charge in [-0.05, 0) is 49.7 Å². The zero-order chi connectivity index (χ0) is 24.3. The highest BCUT2D eigenvalue weighted by molar-refractivity contribution is 7.85. The number of aromatic nitrogens is 1. The van der Waals surface area contributed by atoms with Crippen LogP contribution in [-0.4, -0.2) is 48.0 Å². The Balaban J connectivity index is 1.46. The minimum absolute atomic E-state index is 0.135. The number of ether oxygens (including phenoxy) is 1. The number of nitrogens with one attached hydrogen (secondary N) is 2. The maximum Gasteiger partial charge on any atom is 0.251 e. The van der Waals surface area contributed by atoms with Crippen LogP contribution in [0.4, 0.5) is 0 Å². The molecule has 0 saturated carbocycles. The van der Waals surface area contributed by atoms with Crippen LogP contribution < -0.4 is 15.5 Å². The third-order valence-corrected chi connectivity index (χ3v) is 7.43. The van der Waals surface area contributed by atoms with Crippen molar-refractivity contribution in [2.75, 3.05) is 5.75 Å². The number of aliphatic hydroxyl groups excluding tert-OH is 1. The lowest BCUT2D eigenvalue weighted by Gasteiger charge is -2.31. The van der Waals surface area contributed by atoms with Crippen molar-refractivity contribution in [3.8, 4) is 5.75 Å². The molecule has 0 spiro atoms. The lowest BCUT2D eigenvalue weighted by Crippen LogP contribution is -2.56. The zero-order valence-corrected chi connectivity index (χ0v) is 19.3. The van der Waals surface area contributed by atoms with Gasteiger partial charge in [-0.1, -0.05) is 18.2 Å². The van der Waals surface area contributed by atoms with E-state index in [1.54, 1.807) is 24.3 Å². The van der Waals surface area contributed by atoms with Crippen LogP contribution in [0.3, 0.4) is 0 Å². The molecular formula is C24H25N3O6S. The van der Waals surface area contributed by atoms with E-state index in [4.69, 9.17) is 9.94 Å². The summed E-state index contributed by atoms with van der Waals surface area (Å²) in [5.74, 6) is -0.630. The molecule has 1 saturated heterocycles. The van der Waals surface area contributed by atoms with Gasteiger partial charge in [-0.15, -0.1) is 0 Å². The first-order chi connectivity index (χ1) is 16.3. The number of carbonyl (C=O) groups is 2. The van der Waals surface area contributed by atoms with Gasteiger partial charge < -0.3 is 15.2 Å². The molecule has 0 aliphatic carbocycles. The monoisotopic (exact) mass is 483 g/mol. The van der Waals surface area contributed by atoms with Gasteiger partial charge in [0, 0.05) is 28.0 Å². The van der Waals surface area contributed by atoms with E-state index in [2.05, 4.69) is 10.3 Å². The van der Waals surface area contributed by atoms with Gasteiger partial charge >= 0.3 is 0 Å². The zero-order valence-electron chi connectivity index (χ0n) is 18.5. The number of hydrogen-bond donors (Lipinski definition) is 4. The number of para-hydroxylation sites is 1. The Hall–Kier alpha value is -3.34. The highest BCUT2D eigenvalue weighted by Gasteiger charge is 2.49. The third-order valence-electron chi connectivity index (χ3n) is 5.88. The predicted molar refractivity (Wildman–Crippen MR) is 126 cm³/mol. The second-order valence-corrected chi connectivity index (χ2v) is 9.88. The SMILES string of the molecule is Cc1cc(COc2ccc(C(=O)NC3(CC(=O)NO)CCS(=O)C3O)cc2)c2ccccc2n1. The van der Waals surface area contributed by atoms with Crippen molar-refractivity contribution in [3.63, 3.8) is 0 Å². The summed E-state index contributed by atoms with van der Waals surface area (Å²) in [7, 11) is -1.61. The molecule has 178 valence electrons. The number of pyridine rings is 1. The maximum atomic E-state index is 12.8. The highest BCUT2D eigenvalue weighted by atomic mass is 32.2. The first kappa shape index (κ1) is 23.8. The van der Waals surface area contributed by atoms with Gasteiger partial charge in [0.1, 0.15) is 12.4 Å². The Morgan fingerprint density at radius 3 is 2.62 bits per heavy atom. The number of amides is 2. The fourth-order valence-electron chi connectivity index (χ4n) is 4.12. The van der Waals surface area contributed by atoms with Gasteiger partial charge in [0.25, 0.3) is 5.91 Å². The summed E-state index contributed by atoms with van der Waals surface area (Å²) in [6.07, 6.45) is -0.261. The number of aliphatic hydroxyl groups is 1. The highest BCUT2D eigenvalue weighted by Crippen LogP contribution is 2.31. The molecule has 34 heavy (non-hydrogen) atoms. The smallest absolute Gasteiger partial charge is 0.251 e. The van der Waals surface area contributed by atoms with Gasteiger partial charge in [0.15, 0.2) is 5.44 Å². The van der Waals surface area contributed by atoms with Gasteiger partial charge in [-0.3, -0.25) is 24.0 Å². The molecule has 4 N–H and O–H groups in total. The van der Waals surface area contributed by atoms with E-state index in [9.17, 15) is 18.9 Å². The number of benzene rings is 2. The summed E-state index contributed by atoms with van der Waals surface area (Å²) in [6, 6.07) is 16.2. The van der Waals surface area contributed by atoms with Crippen LogP contribution in [0.1, 0.15) is 34.5 Å². The number of fused-ring (bicyclic) bond motifs is 1. The van der Waals surface area contributed by atoms with E-state index in [0.29, 0.717) is 12.4 Å². The van der Waals surface area contributed by atoms with E-state index in [-0.39, 0.29) is 17.7 Å². The van der Waals surface area contributed by atoms with Crippen LogP contribution in [0.2, 0.25) is 0 Å². The Morgan fingerprint density at radius 2 is 1.94 bits per heavy atom. The van der Waals surface area contributed by atoms with Crippen LogP contribution in [0, 0.1) is 6.92 Å². The fraction of sp³-hybridized carbons (Fsp3) is 0.292. The van der Waals surface area contributed by atoms with E-state index in [1.807, 2.05) is 37.3 Å². The number of hydrogen-bond acceptors (Lipinski definition) is 7. The first-order valence-corrected chi connectivity index (χ1v) is 12.1. The molecule has 3 atom stereocenters. The Morgan fingerprint density at radius 1 is 1.21 bits per heavy atom. The molecule has 0 bridgehead atoms. The van der Waals surface area contributed by atoms with Gasteiger partial charge in [-0.2, -0.15) is 0 Å². The minimum Gasteiger partial charge on any atom is -0.489 e. The van der Waals surface area contributed by atoms with E-state index < -0.39 is 40.0 Å². The van der Waals surface area contributed by atoms with Gasteiger partial charge in [0.05, 0.1) is 28.3 Å². The van der Waals surface area contributed by atoms with Gasteiger partial charge in [0.2, 0.25) is 5.91 Å². The van der Waals surface area contributed by atoms with Crippen LogP contribution in [-0.2, 0) is 22.2 Å². The molecule has 1 aromatic heterocycles. The molecule has 2 aromatic carbocycles. The van der Waals surface area contributed by atoms with Crippen molar-refractivity contribution in [1.82, 2.24) is 15.8 Å². The summed E-state index contributed by atoms with van der Waals surface area (Å²) >= 11 is 0. The normalized spacial score (nSPS) is 21.9. The van der Waals surface area contributed by atoms with E-state index >= 15 is 0 Å². The summed E-state index contributed by atoms with van der Waals surface area (Å²) in [4.78, 5) is 29.1. The van der Waals surface area contributed by atoms with Crippen molar-refractivity contribution in [3.05, 3.63) is 71.4 Å². The fourth-order valence-corrected chi connectivity index (χ4v) is 5.67. The number of rotatable bonds is 7. The van der Waals surface area contributed by atoms with Crippen molar-refractivity contribution in [2.24, 2.45) is 0 Å². The molecular weight excluding hydrogens is 458 g/mol. The second kappa shape index (κ2) is 9.88. The number of hydroxylamine groups is 1. The molecule has 0 radical (unpaired) electrons. The average Bonchev–Trinajstić information content (AvgIpc) is 3.10. The van der Waals surface area contributed by atoms with E-state index in [0.717, 1.165) is 22.2 Å². The van der Waals surface area contributed by atoms with Crippen LogP contribution in [0.25, 0.3) is 10.9 Å². The Bertz CT molecular complexity index is 1250. The molecule has 10 heteroatoms. The van der Waals surface area contributed by atoms with Crippen molar-refractivity contribution < 1.29 is 28.8 Å². The summed E-state index contributed by atoms with van der Waals surface area (Å²) in [5.41, 5.74) is 1.71. The van der Waals surface area contributed by atoms with Crippen molar-refractivity contribution in [1.29, 1.82) is 0 Å². The Kier molecular flexibility index (Phi) is 6.92. The number of nitrogens with zero attached hydrogens (tertiary/aromatic N) is 1. The molecule has 1 aliphatic heterocycles. The average molecular weight is 484 g/mol. The maximum absolute atomic E-state index is 12.8. The number of aryl methyl sites for hydroxylation is 1. The third kappa shape index (κ3) is 4.93. The Labute approximate surface area is 198 Å². The molecule has 4 rings (SSSR count). The van der Waals surface area contributed by atoms with Gasteiger partial charge in [-0.25, -0.2) is 5.48 Å². The predicted octanol–water partition coefficient (Wildman–Crippen LogP) is 1.96. The summed E-state index contributed by atoms with van der Waals surface area (Å²) < 4.78 is 17.9. The standard InChI is InChI=1S/C24H25N3O6S/c1-15-12-17(19-4-2-3-5-20(19)25-15)14-33-18-8-6-16(7-9-18)22(29)26-24(13-21(28)27-31)10-11-34(32)23(24)30/h2-9,12,23,30-31H,10-11,13-14H2,1H3,(H,26,29)(H,27,28). The summed E-state index contributed by atoms with van der Waals surface area (Å²) in [6.45, 7) is 2.25. The quantitative estimate of drug-likeness (QED) is 0.298. The second-order valence-electron chi connectivity index (χ2n) is 8.26. The van der Waals surface area contributed by atoms with Crippen LogP contribution in [0.5, 0.6) is 5.75 Å². The minimum atomic E-state index is -1.61. The number of carbonyl (C=O) groups excluding carboxylic acids is 2. The van der Waals surface area contributed by atoms with Crippen molar-refractivity contribution >= 4 is 33.5 Å². The molecule has 9 nitrogen and oxygen atoms in total. The first-order valence-electron chi connectivity index (χ1n) is 10.7. The topological polar surface area (TPSA) is 138 Å². The molecule has 3 unspecified atom stereocenters. The van der Waals surface area contributed by atoms with Crippen LogP contribution >= 0.6 is 0 Å². The molecule has 1 fully saturated rings. The van der Waals surface area contributed by atoms with Crippen LogP contribution in [0.15, 0.2) is 54.6 Å². The molecule has 2 heterocycles. The lowest BCUT2D eigenvalue weighted by atomic mass is 9.92. The lowest BCUT2D eigenvalue weighted by molar-refractivity contribution is -0.131. The van der Waals surface area contributed by atoms with Crippen molar-refractivity contribution in [2.45, 2.75) is 37.3 Å².